The van der Waals surface area contributed by atoms with Crippen LogP contribution in [0.1, 0.15) is 52.1 Å². The highest BCUT2D eigenvalue weighted by molar-refractivity contribution is 7.89. The van der Waals surface area contributed by atoms with Crippen LogP contribution < -0.4 is 14.8 Å². The van der Waals surface area contributed by atoms with Crippen molar-refractivity contribution in [1.29, 1.82) is 0 Å². The van der Waals surface area contributed by atoms with Crippen LogP contribution in [0.5, 0.6) is 11.5 Å². The molecule has 202 valence electrons. The minimum absolute atomic E-state index is 0. The zero-order chi connectivity index (χ0) is 26.9. The highest BCUT2D eigenvalue weighted by Gasteiger charge is 2.51. The number of amides is 1. The van der Waals surface area contributed by atoms with Gasteiger partial charge < -0.3 is 14.8 Å². The number of carbonyl (C=O) groups excluding carboxylic acids is 1. The van der Waals surface area contributed by atoms with Gasteiger partial charge in [0.05, 0.1) is 10.3 Å². The number of nitrogens with one attached hydrogen (secondary N) is 1. The summed E-state index contributed by atoms with van der Waals surface area (Å²) in [6, 6.07) is 18.6. The van der Waals surface area contributed by atoms with Crippen LogP contribution >= 0.6 is 0 Å². The van der Waals surface area contributed by atoms with Gasteiger partial charge in [-0.15, -0.1) is 0 Å². The lowest BCUT2D eigenvalue weighted by Crippen LogP contribution is -2.32. The van der Waals surface area contributed by atoms with Crippen molar-refractivity contribution in [2.75, 3.05) is 25.2 Å². The second-order valence-electron chi connectivity index (χ2n) is 10.1. The molecule has 0 atom stereocenters. The maximum absolute atomic E-state index is 13.4. The molecular formula is C30H36N2O5S. The second kappa shape index (κ2) is 10.4. The monoisotopic (exact) mass is 536 g/mol. The van der Waals surface area contributed by atoms with Gasteiger partial charge in [-0.2, -0.15) is 4.31 Å². The Morgan fingerprint density at radius 2 is 1.63 bits per heavy atom. The molecule has 8 heteroatoms. The fourth-order valence-electron chi connectivity index (χ4n) is 5.03. The van der Waals surface area contributed by atoms with Crippen molar-refractivity contribution < 1.29 is 24.1 Å². The number of anilines is 1. The molecule has 5 rings (SSSR count). The third kappa shape index (κ3) is 4.90. The predicted octanol–water partition coefficient (Wildman–Crippen LogP) is 6.12. The maximum atomic E-state index is 13.4. The summed E-state index contributed by atoms with van der Waals surface area (Å²) in [5.41, 5.74) is 3.95. The van der Waals surface area contributed by atoms with E-state index < -0.39 is 15.4 Å². The molecule has 38 heavy (non-hydrogen) atoms. The number of carbonyl (C=O) groups is 1. The van der Waals surface area contributed by atoms with Crippen molar-refractivity contribution in [3.8, 4) is 22.6 Å². The molecule has 0 aromatic heterocycles. The molecule has 1 N–H and O–H groups in total. The Morgan fingerprint density at radius 1 is 0.947 bits per heavy atom. The van der Waals surface area contributed by atoms with E-state index in [2.05, 4.69) is 5.32 Å². The summed E-state index contributed by atoms with van der Waals surface area (Å²) in [7, 11) is -3.54. The molecule has 0 saturated heterocycles. The van der Waals surface area contributed by atoms with Gasteiger partial charge in [-0.1, -0.05) is 38.1 Å². The molecule has 3 aromatic carbocycles. The number of rotatable bonds is 10. The van der Waals surface area contributed by atoms with Gasteiger partial charge >= 0.3 is 0 Å². The summed E-state index contributed by atoms with van der Waals surface area (Å²) >= 11 is 0. The van der Waals surface area contributed by atoms with Crippen LogP contribution in [0.3, 0.4) is 0 Å². The Labute approximate surface area is 226 Å². The first-order valence-electron chi connectivity index (χ1n) is 13.2. The Kier molecular flexibility index (Phi) is 7.20. The second-order valence-corrected chi connectivity index (χ2v) is 12.0. The summed E-state index contributed by atoms with van der Waals surface area (Å²) in [6.07, 6.45) is 3.09. The third-order valence-corrected chi connectivity index (χ3v) is 9.27. The number of hydrogen-bond acceptors (Lipinski definition) is 5. The van der Waals surface area contributed by atoms with E-state index in [4.69, 9.17) is 9.47 Å². The third-order valence-electron chi connectivity index (χ3n) is 7.35. The van der Waals surface area contributed by atoms with E-state index in [1.54, 1.807) is 16.4 Å². The van der Waals surface area contributed by atoms with Crippen molar-refractivity contribution >= 4 is 21.6 Å². The molecule has 2 aliphatic rings. The molecule has 0 spiro atoms. The van der Waals surface area contributed by atoms with Gasteiger partial charge in [-0.25, -0.2) is 8.42 Å². The largest absolute Gasteiger partial charge is 0.454 e. The van der Waals surface area contributed by atoms with Crippen molar-refractivity contribution in [3.63, 3.8) is 0 Å². The highest BCUT2D eigenvalue weighted by atomic mass is 32.2. The van der Waals surface area contributed by atoms with Crippen molar-refractivity contribution in [2.24, 2.45) is 0 Å². The number of sulfonamides is 1. The molecule has 1 saturated carbocycles. The Balaban J connectivity index is 0.00000353. The van der Waals surface area contributed by atoms with Crippen LogP contribution in [0.25, 0.3) is 11.1 Å². The number of benzene rings is 3. The smallest absolute Gasteiger partial charge is 0.243 e. The fourth-order valence-corrected chi connectivity index (χ4v) is 6.66. The molecule has 0 unspecified atom stereocenters. The van der Waals surface area contributed by atoms with Crippen LogP contribution in [0.4, 0.5) is 5.69 Å². The molecule has 7 nitrogen and oxygen atoms in total. The average Bonchev–Trinajstić information content (AvgIpc) is 3.60. The first-order valence-corrected chi connectivity index (χ1v) is 14.7. The van der Waals surface area contributed by atoms with E-state index in [0.717, 1.165) is 47.9 Å². The van der Waals surface area contributed by atoms with E-state index >= 15 is 0 Å². The van der Waals surface area contributed by atoms with Gasteiger partial charge in [-0.3, -0.25) is 4.79 Å². The first-order chi connectivity index (χ1) is 18.3. The Morgan fingerprint density at radius 3 is 2.29 bits per heavy atom. The normalized spacial score (nSPS) is 15.5. The molecule has 3 aromatic rings. The van der Waals surface area contributed by atoms with Crippen LogP contribution in [0.2, 0.25) is 0 Å². The molecular weight excluding hydrogens is 500 g/mol. The zero-order valence-corrected chi connectivity index (χ0v) is 22.9. The van der Waals surface area contributed by atoms with Crippen molar-refractivity contribution in [2.45, 2.75) is 56.8 Å². The number of ether oxygens (including phenoxy) is 2. The van der Waals surface area contributed by atoms with Gasteiger partial charge in [0.1, 0.15) is 0 Å². The molecule has 0 radical (unpaired) electrons. The van der Waals surface area contributed by atoms with Crippen LogP contribution in [-0.2, 0) is 20.2 Å². The number of nitrogens with zero attached hydrogens (tertiary/aromatic N) is 1. The van der Waals surface area contributed by atoms with Gasteiger partial charge in [0, 0.05) is 20.2 Å². The molecule has 1 heterocycles. The summed E-state index contributed by atoms with van der Waals surface area (Å²) in [5.74, 6) is 1.34. The van der Waals surface area contributed by atoms with Gasteiger partial charge in [0.15, 0.2) is 11.5 Å². The summed E-state index contributed by atoms with van der Waals surface area (Å²) in [4.78, 5) is 13.7. The lowest BCUT2D eigenvalue weighted by molar-refractivity contribution is -0.118. The zero-order valence-electron chi connectivity index (χ0n) is 22.1. The van der Waals surface area contributed by atoms with E-state index in [0.29, 0.717) is 35.2 Å². The Hall–Kier alpha value is -3.36. The lowest BCUT2D eigenvalue weighted by Gasteiger charge is -2.21. The van der Waals surface area contributed by atoms with E-state index in [-0.39, 0.29) is 14.1 Å². The van der Waals surface area contributed by atoms with Gasteiger partial charge in [-0.05, 0) is 91.3 Å². The average molecular weight is 537 g/mol. The summed E-state index contributed by atoms with van der Waals surface area (Å²) in [6.45, 7) is 7.18. The topological polar surface area (TPSA) is 84.9 Å². The standard InChI is InChI=1S/C30H34N2O5S.H2/c1-4-16-32(17-5-2)38(34,35)25-11-7-22(8-12-25)26-19-24(10-6-21(26)3)31-29(33)30(14-15-30)23-9-13-27-28(18-23)37-20-36-27;/h6-13,18-19H,4-5,14-17,20H2,1-3H3,(H,31,33);1H. The number of fused-ring (bicyclic) bond motifs is 1. The van der Waals surface area contributed by atoms with Crippen molar-refractivity contribution in [1.82, 2.24) is 4.31 Å². The predicted molar refractivity (Wildman–Crippen MR) is 150 cm³/mol. The van der Waals surface area contributed by atoms with Crippen molar-refractivity contribution in [3.05, 3.63) is 71.8 Å². The SMILES string of the molecule is CCCN(CCC)S(=O)(=O)c1ccc(-c2cc(NC(=O)C3(c4ccc5c(c4)OCO5)CC3)ccc2C)cc1.[HH]. The minimum atomic E-state index is -3.54. The fraction of sp³-hybridized carbons (Fsp3) is 0.367. The Bertz CT molecular complexity index is 1450. The minimum Gasteiger partial charge on any atom is -0.454 e. The molecule has 1 amide bonds. The molecule has 1 fully saturated rings. The van der Waals surface area contributed by atoms with Crippen LogP contribution in [-0.4, -0.2) is 38.5 Å². The summed E-state index contributed by atoms with van der Waals surface area (Å²) < 4.78 is 38.8. The number of hydrogen-bond donors (Lipinski definition) is 1. The quantitative estimate of drug-likeness (QED) is 0.338. The van der Waals surface area contributed by atoms with Gasteiger partial charge in [0.2, 0.25) is 22.7 Å². The number of aryl methyl sites for hydroxylation is 1. The molecule has 1 aliphatic heterocycles. The van der Waals surface area contributed by atoms with Crippen LogP contribution in [0, 0.1) is 6.92 Å². The first kappa shape index (κ1) is 26.3. The van der Waals surface area contributed by atoms with E-state index in [1.807, 2.05) is 69.3 Å². The van der Waals surface area contributed by atoms with E-state index in [9.17, 15) is 13.2 Å². The maximum Gasteiger partial charge on any atom is 0.243 e. The highest BCUT2D eigenvalue weighted by Crippen LogP contribution is 2.51. The van der Waals surface area contributed by atoms with Gasteiger partial charge in [0.25, 0.3) is 0 Å². The summed E-state index contributed by atoms with van der Waals surface area (Å²) in [5, 5.41) is 3.11. The van der Waals surface area contributed by atoms with E-state index in [1.165, 1.54) is 0 Å². The van der Waals surface area contributed by atoms with Crippen LogP contribution in [0.15, 0.2) is 65.6 Å². The lowest BCUT2D eigenvalue weighted by atomic mass is 9.94. The molecule has 0 bridgehead atoms. The molecule has 1 aliphatic carbocycles.